The summed E-state index contributed by atoms with van der Waals surface area (Å²) in [6.07, 6.45) is 3.20. The van der Waals surface area contributed by atoms with Crippen molar-refractivity contribution in [2.75, 3.05) is 11.9 Å². The number of carbonyl (C=O) groups excluding carboxylic acids is 4. The number of hydrogen-bond acceptors (Lipinski definition) is 11. The number of nitrogens with zero attached hydrogens (tertiary/aromatic N) is 3. The molecule has 1 aliphatic heterocycles. The number of amides is 1. The second-order valence-electron chi connectivity index (χ2n) is 9.32. The molecule has 1 saturated heterocycles. The van der Waals surface area contributed by atoms with Gasteiger partial charge in [-0.3, -0.25) is 38.8 Å². The maximum Gasteiger partial charge on any atom is 0.303 e. The monoisotopic (exact) mass is 549 g/mol. The van der Waals surface area contributed by atoms with E-state index in [2.05, 4.69) is 27.2 Å². The quantitative estimate of drug-likeness (QED) is 0.212. The predicted molar refractivity (Wildman–Crippen MR) is 136 cm³/mol. The molecule has 0 saturated carbocycles. The Kier molecular flexibility index (Phi) is 10.5. The minimum absolute atomic E-state index is 0.0329. The van der Waals surface area contributed by atoms with E-state index in [4.69, 9.17) is 18.9 Å². The molecular formula is C25H35N5O9. The SMILES string of the molecule is CCCCCCCCC(=O)Nc1nc2c(ncn2[C@H]2O[C@@H](COC(C)=O)[C@@H](OC(C)=O)[C@H]2OC(C)=O)c(=O)[nH]1. The summed E-state index contributed by atoms with van der Waals surface area (Å²) in [4.78, 5) is 71.2. The summed E-state index contributed by atoms with van der Waals surface area (Å²) < 4.78 is 23.2. The van der Waals surface area contributed by atoms with Crippen molar-refractivity contribution < 1.29 is 38.1 Å². The Hall–Kier alpha value is -3.81. The Morgan fingerprint density at radius 1 is 1.00 bits per heavy atom. The summed E-state index contributed by atoms with van der Waals surface area (Å²) >= 11 is 0. The molecule has 2 aromatic heterocycles. The van der Waals surface area contributed by atoms with Crippen LogP contribution in [-0.4, -0.2) is 68.3 Å². The van der Waals surface area contributed by atoms with Crippen molar-refractivity contribution in [2.24, 2.45) is 0 Å². The molecule has 3 heterocycles. The minimum Gasteiger partial charge on any atom is -0.463 e. The number of unbranched alkanes of at least 4 members (excludes halogenated alkanes) is 5. The van der Waals surface area contributed by atoms with Gasteiger partial charge in [0.1, 0.15) is 12.7 Å². The number of fused-ring (bicyclic) bond motifs is 1. The molecular weight excluding hydrogens is 514 g/mol. The molecule has 0 radical (unpaired) electrons. The van der Waals surface area contributed by atoms with E-state index in [-0.39, 0.29) is 36.0 Å². The van der Waals surface area contributed by atoms with Crippen LogP contribution >= 0.6 is 0 Å². The summed E-state index contributed by atoms with van der Waals surface area (Å²) in [6.45, 7) is 5.40. The van der Waals surface area contributed by atoms with E-state index in [1.165, 1.54) is 38.1 Å². The average molecular weight is 550 g/mol. The zero-order valence-corrected chi connectivity index (χ0v) is 22.6. The highest BCUT2D eigenvalue weighted by atomic mass is 16.7. The Labute approximate surface area is 224 Å². The van der Waals surface area contributed by atoms with Gasteiger partial charge < -0.3 is 18.9 Å². The van der Waals surface area contributed by atoms with Crippen LogP contribution in [0.1, 0.15) is 78.9 Å². The molecule has 0 unspecified atom stereocenters. The van der Waals surface area contributed by atoms with Gasteiger partial charge in [-0.05, 0) is 6.42 Å². The summed E-state index contributed by atoms with van der Waals surface area (Å²) in [7, 11) is 0. The Morgan fingerprint density at radius 3 is 2.33 bits per heavy atom. The van der Waals surface area contributed by atoms with Gasteiger partial charge in [-0.2, -0.15) is 4.98 Å². The van der Waals surface area contributed by atoms with Crippen LogP contribution in [-0.2, 0) is 38.1 Å². The number of rotatable bonds is 13. The van der Waals surface area contributed by atoms with Crippen molar-refractivity contribution in [1.29, 1.82) is 0 Å². The van der Waals surface area contributed by atoms with E-state index in [0.29, 0.717) is 6.42 Å². The number of aromatic amines is 1. The molecule has 0 aromatic carbocycles. The van der Waals surface area contributed by atoms with E-state index in [1.807, 2.05) is 0 Å². The molecule has 0 bridgehead atoms. The first-order valence-electron chi connectivity index (χ1n) is 13.0. The molecule has 214 valence electrons. The van der Waals surface area contributed by atoms with Gasteiger partial charge in [0.25, 0.3) is 5.56 Å². The van der Waals surface area contributed by atoms with Gasteiger partial charge in [0, 0.05) is 27.2 Å². The number of carbonyl (C=O) groups is 4. The molecule has 39 heavy (non-hydrogen) atoms. The summed E-state index contributed by atoms with van der Waals surface area (Å²) in [6, 6.07) is 0. The summed E-state index contributed by atoms with van der Waals surface area (Å²) in [5.41, 5.74) is -0.629. The van der Waals surface area contributed by atoms with E-state index in [9.17, 15) is 24.0 Å². The van der Waals surface area contributed by atoms with Crippen LogP contribution in [0.25, 0.3) is 11.2 Å². The van der Waals surface area contributed by atoms with Crippen molar-refractivity contribution in [3.05, 3.63) is 16.7 Å². The number of esters is 3. The number of anilines is 1. The first-order valence-corrected chi connectivity index (χ1v) is 13.0. The largest absolute Gasteiger partial charge is 0.463 e. The third-order valence-electron chi connectivity index (χ3n) is 6.06. The topological polar surface area (TPSA) is 181 Å². The van der Waals surface area contributed by atoms with Crippen molar-refractivity contribution in [3.63, 3.8) is 0 Å². The van der Waals surface area contributed by atoms with E-state index in [1.54, 1.807) is 0 Å². The average Bonchev–Trinajstić information content (AvgIpc) is 3.41. The second kappa shape index (κ2) is 13.8. The normalized spacial score (nSPS) is 20.5. The molecule has 1 fully saturated rings. The van der Waals surface area contributed by atoms with Crippen LogP contribution in [0.3, 0.4) is 0 Å². The third kappa shape index (κ3) is 8.09. The van der Waals surface area contributed by atoms with Crippen molar-refractivity contribution in [2.45, 2.75) is 97.2 Å². The van der Waals surface area contributed by atoms with E-state index < -0.39 is 48.0 Å². The fraction of sp³-hybridized carbons (Fsp3) is 0.640. The molecule has 2 N–H and O–H groups in total. The lowest BCUT2D eigenvalue weighted by Gasteiger charge is -2.23. The van der Waals surface area contributed by atoms with E-state index in [0.717, 1.165) is 25.7 Å². The zero-order chi connectivity index (χ0) is 28.5. The highest BCUT2D eigenvalue weighted by Crippen LogP contribution is 2.35. The fourth-order valence-electron chi connectivity index (χ4n) is 4.35. The Balaban J connectivity index is 1.86. The third-order valence-corrected chi connectivity index (χ3v) is 6.06. The molecule has 0 spiro atoms. The Bertz CT molecular complexity index is 1240. The van der Waals surface area contributed by atoms with Crippen LogP contribution in [0.2, 0.25) is 0 Å². The molecule has 3 rings (SSSR count). The summed E-state index contributed by atoms with van der Waals surface area (Å²) in [5.74, 6) is -2.33. The Morgan fingerprint density at radius 2 is 1.67 bits per heavy atom. The zero-order valence-electron chi connectivity index (χ0n) is 22.6. The molecule has 1 amide bonds. The van der Waals surface area contributed by atoms with Crippen molar-refractivity contribution in [1.82, 2.24) is 19.5 Å². The van der Waals surface area contributed by atoms with Gasteiger partial charge >= 0.3 is 17.9 Å². The first kappa shape index (κ1) is 29.7. The standard InChI is InChI=1S/C25H35N5O9/c1-5-6-7-8-9-10-11-18(34)27-25-28-22-19(23(35)29-25)26-13-30(22)24-21(38-16(4)33)20(37-15(3)32)17(39-24)12-36-14(2)31/h13,17,20-21,24H,5-12H2,1-4H3,(H2,27,28,29,34,35)/t17-,20+,21+,24-/m0/s1. The maximum atomic E-state index is 12.7. The highest BCUT2D eigenvalue weighted by molar-refractivity contribution is 5.89. The number of nitrogens with one attached hydrogen (secondary N) is 2. The molecule has 1 aliphatic rings. The predicted octanol–water partition coefficient (Wildman–Crippen LogP) is 2.13. The lowest BCUT2D eigenvalue weighted by Crippen LogP contribution is -2.40. The van der Waals surface area contributed by atoms with Gasteiger partial charge in [-0.1, -0.05) is 39.0 Å². The van der Waals surface area contributed by atoms with Crippen molar-refractivity contribution in [3.8, 4) is 0 Å². The number of hydrogen-bond donors (Lipinski definition) is 2. The number of H-pyrrole nitrogens is 1. The van der Waals surface area contributed by atoms with Crippen LogP contribution < -0.4 is 10.9 Å². The van der Waals surface area contributed by atoms with Gasteiger partial charge in [0.2, 0.25) is 11.9 Å². The molecule has 14 nitrogen and oxygen atoms in total. The molecule has 2 aromatic rings. The number of ether oxygens (including phenoxy) is 4. The van der Waals surface area contributed by atoms with Crippen LogP contribution in [0.4, 0.5) is 5.95 Å². The smallest absolute Gasteiger partial charge is 0.303 e. The molecule has 0 aliphatic carbocycles. The fourth-order valence-corrected chi connectivity index (χ4v) is 4.35. The highest BCUT2D eigenvalue weighted by Gasteiger charge is 2.51. The van der Waals surface area contributed by atoms with Gasteiger partial charge in [-0.15, -0.1) is 0 Å². The van der Waals surface area contributed by atoms with Gasteiger partial charge in [0.15, 0.2) is 29.6 Å². The van der Waals surface area contributed by atoms with Crippen LogP contribution in [0.5, 0.6) is 0 Å². The number of aromatic nitrogens is 4. The first-order chi connectivity index (χ1) is 18.6. The van der Waals surface area contributed by atoms with Crippen molar-refractivity contribution >= 4 is 40.9 Å². The van der Waals surface area contributed by atoms with Crippen LogP contribution in [0.15, 0.2) is 11.1 Å². The second-order valence-corrected chi connectivity index (χ2v) is 9.32. The van der Waals surface area contributed by atoms with Gasteiger partial charge in [0.05, 0.1) is 6.33 Å². The molecule has 4 atom stereocenters. The van der Waals surface area contributed by atoms with E-state index >= 15 is 0 Å². The summed E-state index contributed by atoms with van der Waals surface area (Å²) in [5, 5.41) is 2.60. The lowest BCUT2D eigenvalue weighted by molar-refractivity contribution is -0.166. The van der Waals surface area contributed by atoms with Gasteiger partial charge in [-0.25, -0.2) is 4.98 Å². The lowest BCUT2D eigenvalue weighted by atomic mass is 10.1. The van der Waals surface area contributed by atoms with Crippen LogP contribution in [0, 0.1) is 0 Å². The minimum atomic E-state index is -1.18. The molecule has 14 heteroatoms. The number of imidazole rings is 1. The maximum absolute atomic E-state index is 12.7.